The zero-order valence-electron chi connectivity index (χ0n) is 14.0. The Bertz CT molecular complexity index is 1090. The van der Waals surface area contributed by atoms with E-state index >= 15 is 0 Å². The van der Waals surface area contributed by atoms with Gasteiger partial charge in [0.1, 0.15) is 11.9 Å². The second-order valence-corrected chi connectivity index (χ2v) is 6.94. The van der Waals surface area contributed by atoms with Gasteiger partial charge in [-0.1, -0.05) is 18.2 Å². The highest BCUT2D eigenvalue weighted by Gasteiger charge is 2.50. The van der Waals surface area contributed by atoms with E-state index in [0.717, 1.165) is 46.4 Å². The number of rotatable bonds is 4. The first-order chi connectivity index (χ1) is 12.7. The number of carbonyl (C=O) groups is 1. The summed E-state index contributed by atoms with van der Waals surface area (Å²) < 4.78 is 10.8. The molecule has 2 aliphatic rings. The quantitative estimate of drug-likeness (QED) is 0.778. The first-order valence-electron chi connectivity index (χ1n) is 8.63. The zero-order valence-corrected chi connectivity index (χ0v) is 14.0. The minimum Gasteiger partial charge on any atom is -0.454 e. The van der Waals surface area contributed by atoms with Gasteiger partial charge in [0.05, 0.1) is 11.0 Å². The van der Waals surface area contributed by atoms with Crippen LogP contribution in [0.4, 0.5) is 0 Å². The second-order valence-electron chi connectivity index (χ2n) is 6.94. The predicted molar refractivity (Wildman–Crippen MR) is 97.3 cm³/mol. The second kappa shape index (κ2) is 5.37. The normalized spacial score (nSPS) is 16.4. The highest BCUT2D eigenvalue weighted by atomic mass is 16.7. The highest BCUT2D eigenvalue weighted by Crippen LogP contribution is 2.51. The molecule has 5 heteroatoms. The Morgan fingerprint density at radius 2 is 2.04 bits per heavy atom. The molecule has 0 amide bonds. The summed E-state index contributed by atoms with van der Waals surface area (Å²) in [5, 5.41) is 9.99. The molecule has 130 valence electrons. The van der Waals surface area contributed by atoms with Gasteiger partial charge < -0.3 is 14.5 Å². The van der Waals surface area contributed by atoms with Crippen LogP contribution in [-0.4, -0.2) is 17.6 Å². The van der Waals surface area contributed by atoms with Crippen molar-refractivity contribution in [1.29, 1.82) is 5.26 Å². The Hall–Kier alpha value is -3.26. The molecule has 26 heavy (non-hydrogen) atoms. The molecule has 1 aromatic heterocycles. The predicted octanol–water partition coefficient (Wildman–Crippen LogP) is 3.86. The number of benzene rings is 2. The zero-order chi connectivity index (χ0) is 17.7. The lowest BCUT2D eigenvalue weighted by Gasteiger charge is -2.15. The van der Waals surface area contributed by atoms with Gasteiger partial charge in [-0.15, -0.1) is 0 Å². The van der Waals surface area contributed by atoms with E-state index in [-0.39, 0.29) is 14.0 Å². The fraction of sp³-hybridized carbons (Fsp3) is 0.238. The molecule has 2 heterocycles. The van der Waals surface area contributed by atoms with Gasteiger partial charge in [-0.2, -0.15) is 5.26 Å². The van der Waals surface area contributed by atoms with Gasteiger partial charge >= 0.3 is 0 Å². The fourth-order valence-corrected chi connectivity index (χ4v) is 3.78. The minimum atomic E-state index is -0.399. The first kappa shape index (κ1) is 15.0. The summed E-state index contributed by atoms with van der Waals surface area (Å²) in [6.07, 6.45) is 3.82. The van der Waals surface area contributed by atoms with Crippen molar-refractivity contribution in [3.63, 3.8) is 0 Å². The number of aromatic nitrogens is 1. The van der Waals surface area contributed by atoms with Crippen molar-refractivity contribution in [2.45, 2.75) is 24.7 Å². The Kier molecular flexibility index (Phi) is 3.10. The summed E-state index contributed by atoms with van der Waals surface area (Å²) in [5.41, 5.74) is 3.08. The maximum absolute atomic E-state index is 13.1. The van der Waals surface area contributed by atoms with Gasteiger partial charge in [-0.05, 0) is 42.2 Å². The Labute approximate surface area is 151 Å². The smallest absolute Gasteiger partial charge is 0.231 e. The van der Waals surface area contributed by atoms with E-state index in [9.17, 15) is 4.79 Å². The number of ether oxygens (including phenoxy) is 2. The molecule has 1 aliphatic carbocycles. The van der Waals surface area contributed by atoms with E-state index in [1.165, 1.54) is 0 Å². The van der Waals surface area contributed by atoms with Crippen LogP contribution in [0.1, 0.15) is 31.0 Å². The van der Waals surface area contributed by atoms with Crippen LogP contribution in [-0.2, 0) is 16.6 Å². The molecule has 1 aliphatic heterocycles. The average molecular weight is 346 g/mol. The van der Waals surface area contributed by atoms with Crippen LogP contribution in [0.15, 0.2) is 42.6 Å². The maximum Gasteiger partial charge on any atom is 0.231 e. The van der Waals surface area contributed by atoms with Crippen molar-refractivity contribution in [3.05, 3.63) is 59.3 Å². The molecule has 0 radical (unpaired) electrons. The number of nitrogens with one attached hydrogen (secondary N) is 1. The molecule has 0 spiro atoms. The number of ketones is 1. The number of nitriles is 1. The van der Waals surface area contributed by atoms with Crippen molar-refractivity contribution in [2.75, 3.05) is 6.79 Å². The number of aromatic amines is 1. The summed E-state index contributed by atoms with van der Waals surface area (Å²) in [6.45, 7) is 0.237. The first-order valence-corrected chi connectivity index (χ1v) is 8.63. The molecule has 0 bridgehead atoms. The third-order valence-corrected chi connectivity index (χ3v) is 5.44. The van der Waals surface area contributed by atoms with Gasteiger partial charge in [-0.25, -0.2) is 0 Å². The third-order valence-electron chi connectivity index (χ3n) is 5.44. The number of fused-ring (bicyclic) bond motifs is 2. The minimum absolute atomic E-state index is 0. The van der Waals surface area contributed by atoms with Crippen molar-refractivity contribution in [3.8, 4) is 17.6 Å². The molecule has 2 aromatic carbocycles. The summed E-state index contributed by atoms with van der Waals surface area (Å²) in [6, 6.07) is 13.8. The molecule has 1 fully saturated rings. The maximum atomic E-state index is 13.1. The van der Waals surface area contributed by atoms with Crippen LogP contribution in [0.5, 0.6) is 11.5 Å². The molecule has 0 unspecified atom stereocenters. The fourth-order valence-electron chi connectivity index (χ4n) is 3.78. The van der Waals surface area contributed by atoms with Crippen LogP contribution in [0.3, 0.4) is 0 Å². The van der Waals surface area contributed by atoms with E-state index < -0.39 is 5.41 Å². The molecule has 0 saturated heterocycles. The van der Waals surface area contributed by atoms with Crippen molar-refractivity contribution in [1.82, 2.24) is 4.98 Å². The van der Waals surface area contributed by atoms with E-state index in [1.807, 2.05) is 36.4 Å². The average Bonchev–Trinajstić information content (AvgIpc) is 3.17. The Morgan fingerprint density at radius 1 is 1.19 bits per heavy atom. The Balaban J connectivity index is 0.00000180. The number of carbonyl (C=O) groups excluding carboxylic acids is 1. The molecule has 5 rings (SSSR count). The molecule has 1 N–H and O–H groups in total. The van der Waals surface area contributed by atoms with Crippen molar-refractivity contribution >= 4 is 16.7 Å². The summed E-state index contributed by atoms with van der Waals surface area (Å²) >= 11 is 0. The summed E-state index contributed by atoms with van der Waals surface area (Å²) in [4.78, 5) is 16.2. The number of hydrogen-bond donors (Lipinski definition) is 1. The topological polar surface area (TPSA) is 75.1 Å². The monoisotopic (exact) mass is 346 g/mol. The van der Waals surface area contributed by atoms with E-state index in [0.29, 0.717) is 12.0 Å². The van der Waals surface area contributed by atoms with Crippen LogP contribution in [0.25, 0.3) is 10.9 Å². The van der Waals surface area contributed by atoms with Gasteiger partial charge in [0.2, 0.25) is 6.79 Å². The third kappa shape index (κ3) is 2.19. The highest BCUT2D eigenvalue weighted by molar-refractivity contribution is 5.95. The van der Waals surface area contributed by atoms with Crippen LogP contribution >= 0.6 is 0 Å². The summed E-state index contributed by atoms with van der Waals surface area (Å²) in [5.74, 6) is 1.68. The lowest BCUT2D eigenvalue weighted by Crippen LogP contribution is -2.22. The molecule has 1 saturated carbocycles. The lowest BCUT2D eigenvalue weighted by molar-refractivity contribution is -0.120. The van der Waals surface area contributed by atoms with Crippen molar-refractivity contribution in [2.24, 2.45) is 0 Å². The molecular formula is C21H18N2O3. The number of H-pyrrole nitrogens is 1. The molecule has 5 nitrogen and oxygen atoms in total. The van der Waals surface area contributed by atoms with Crippen LogP contribution < -0.4 is 9.47 Å². The number of Topliss-reactive ketones (excluding diaryl/α,β-unsaturated/α-hetero) is 1. The van der Waals surface area contributed by atoms with Gasteiger partial charge in [0.25, 0.3) is 0 Å². The number of nitrogens with zero attached hydrogens (tertiary/aromatic N) is 1. The largest absolute Gasteiger partial charge is 0.454 e. The lowest BCUT2D eigenvalue weighted by atomic mass is 9.87. The van der Waals surface area contributed by atoms with E-state index in [2.05, 4.69) is 11.1 Å². The van der Waals surface area contributed by atoms with Crippen LogP contribution in [0.2, 0.25) is 0 Å². The van der Waals surface area contributed by atoms with Crippen LogP contribution in [0, 0.1) is 11.3 Å². The van der Waals surface area contributed by atoms with Gasteiger partial charge in [0.15, 0.2) is 11.5 Å². The Morgan fingerprint density at radius 3 is 2.85 bits per heavy atom. The number of hydrogen-bond acceptors (Lipinski definition) is 4. The summed E-state index contributed by atoms with van der Waals surface area (Å²) in [7, 11) is 0. The standard InChI is InChI=1S/C21H16N2O3.H2/c22-10-14-11-23-17-7-13(1-3-16(14)17)8-20(24)21(5-6-21)15-2-4-18-19(9-15)26-12-25-18;/h1-4,7,9,11,23H,5-6,8,12H2;1H. The van der Waals surface area contributed by atoms with Gasteiger partial charge in [0, 0.05) is 24.9 Å². The van der Waals surface area contributed by atoms with E-state index in [4.69, 9.17) is 14.7 Å². The SMILES string of the molecule is N#Cc1c[nH]c2cc(CC(=O)C3(c4ccc5c(c4)OCO5)CC3)ccc12.[HH]. The molecule has 0 atom stereocenters. The van der Waals surface area contributed by atoms with Crippen molar-refractivity contribution < 1.29 is 15.7 Å². The molecule has 3 aromatic rings. The molecular weight excluding hydrogens is 328 g/mol. The van der Waals surface area contributed by atoms with Gasteiger partial charge in [-0.3, -0.25) is 4.79 Å². The van der Waals surface area contributed by atoms with E-state index in [1.54, 1.807) is 6.20 Å².